The molecule has 0 aliphatic carbocycles. The van der Waals surface area contributed by atoms with Gasteiger partial charge in [0.25, 0.3) is 0 Å². The molecular formula is C24H31FN4O2. The Morgan fingerprint density at radius 3 is 2.35 bits per heavy atom. The monoisotopic (exact) mass is 426 g/mol. The molecule has 0 spiro atoms. The van der Waals surface area contributed by atoms with E-state index < -0.39 is 0 Å². The molecule has 1 heterocycles. The molecule has 0 saturated carbocycles. The molecule has 1 aliphatic heterocycles. The number of nitrogens with one attached hydrogen (secondary N) is 1. The standard InChI is InChI=1S/C24H31FN4O2/c1-18-8-10-21(11-9-18)26-23(30)17-27(3)24(31)19(2)29-14-12-28(13-15-29)16-20-6-4-5-7-22(20)25/h4-11,19H,12-17H2,1-3H3,(H,26,30)/t19-/m0/s1. The topological polar surface area (TPSA) is 55.9 Å². The minimum Gasteiger partial charge on any atom is -0.335 e. The molecular weight excluding hydrogens is 395 g/mol. The number of halogens is 1. The fraction of sp³-hybridized carbons (Fsp3) is 0.417. The lowest BCUT2D eigenvalue weighted by Gasteiger charge is -2.38. The highest BCUT2D eigenvalue weighted by atomic mass is 19.1. The van der Waals surface area contributed by atoms with Gasteiger partial charge in [-0.2, -0.15) is 0 Å². The molecule has 1 fully saturated rings. The van der Waals surface area contributed by atoms with Crippen molar-refractivity contribution in [1.29, 1.82) is 0 Å². The van der Waals surface area contributed by atoms with E-state index in [0.29, 0.717) is 12.1 Å². The number of amides is 2. The molecule has 0 radical (unpaired) electrons. The van der Waals surface area contributed by atoms with E-state index in [4.69, 9.17) is 0 Å². The second kappa shape index (κ2) is 10.5. The number of rotatable bonds is 7. The number of likely N-dealkylation sites (N-methyl/N-ethyl adjacent to an activating group) is 1. The average molecular weight is 427 g/mol. The van der Waals surface area contributed by atoms with Crippen molar-refractivity contribution in [2.24, 2.45) is 0 Å². The van der Waals surface area contributed by atoms with E-state index in [0.717, 1.165) is 37.4 Å². The van der Waals surface area contributed by atoms with Gasteiger partial charge in [0.15, 0.2) is 0 Å². The molecule has 3 rings (SSSR count). The summed E-state index contributed by atoms with van der Waals surface area (Å²) in [6.07, 6.45) is 0. The largest absolute Gasteiger partial charge is 0.335 e. The lowest BCUT2D eigenvalue weighted by atomic mass is 10.1. The van der Waals surface area contributed by atoms with Gasteiger partial charge >= 0.3 is 0 Å². The molecule has 0 bridgehead atoms. The van der Waals surface area contributed by atoms with Gasteiger partial charge in [-0.3, -0.25) is 19.4 Å². The van der Waals surface area contributed by atoms with E-state index in [9.17, 15) is 14.0 Å². The van der Waals surface area contributed by atoms with Crippen molar-refractivity contribution >= 4 is 17.5 Å². The minimum absolute atomic E-state index is 0.00426. The second-order valence-electron chi connectivity index (χ2n) is 8.19. The Morgan fingerprint density at radius 1 is 1.06 bits per heavy atom. The third kappa shape index (κ3) is 6.35. The maximum absolute atomic E-state index is 13.9. The SMILES string of the molecule is Cc1ccc(NC(=O)CN(C)C(=O)[C@H](C)N2CCN(Cc3ccccc3F)CC2)cc1. The van der Waals surface area contributed by atoms with Crippen LogP contribution in [0.15, 0.2) is 48.5 Å². The zero-order valence-corrected chi connectivity index (χ0v) is 18.5. The van der Waals surface area contributed by atoms with Crippen LogP contribution in [-0.2, 0) is 16.1 Å². The Balaban J connectivity index is 1.45. The van der Waals surface area contributed by atoms with Crippen LogP contribution in [0.4, 0.5) is 10.1 Å². The highest BCUT2D eigenvalue weighted by molar-refractivity contribution is 5.95. The smallest absolute Gasteiger partial charge is 0.243 e. The van der Waals surface area contributed by atoms with Crippen molar-refractivity contribution in [2.75, 3.05) is 45.1 Å². The third-order valence-electron chi connectivity index (χ3n) is 5.76. The van der Waals surface area contributed by atoms with Gasteiger partial charge < -0.3 is 10.2 Å². The van der Waals surface area contributed by atoms with Crippen LogP contribution in [-0.4, -0.2) is 72.3 Å². The lowest BCUT2D eigenvalue weighted by molar-refractivity contribution is -0.138. The van der Waals surface area contributed by atoms with Crippen molar-refractivity contribution in [3.8, 4) is 0 Å². The number of carbonyl (C=O) groups is 2. The fourth-order valence-corrected chi connectivity index (χ4v) is 3.78. The molecule has 31 heavy (non-hydrogen) atoms. The van der Waals surface area contributed by atoms with Crippen LogP contribution >= 0.6 is 0 Å². The van der Waals surface area contributed by atoms with Crippen LogP contribution in [0.2, 0.25) is 0 Å². The first-order chi connectivity index (χ1) is 14.8. The first-order valence-electron chi connectivity index (χ1n) is 10.6. The molecule has 2 aromatic rings. The highest BCUT2D eigenvalue weighted by Gasteiger charge is 2.28. The van der Waals surface area contributed by atoms with Gasteiger partial charge in [0.05, 0.1) is 12.6 Å². The number of hydrogen-bond acceptors (Lipinski definition) is 4. The first-order valence-corrected chi connectivity index (χ1v) is 10.6. The van der Waals surface area contributed by atoms with E-state index in [-0.39, 0.29) is 30.2 Å². The van der Waals surface area contributed by atoms with E-state index in [1.807, 2.05) is 50.2 Å². The molecule has 7 heteroatoms. The van der Waals surface area contributed by atoms with Gasteiger partial charge in [-0.25, -0.2) is 4.39 Å². The Morgan fingerprint density at radius 2 is 1.71 bits per heavy atom. The van der Waals surface area contributed by atoms with Crippen molar-refractivity contribution in [1.82, 2.24) is 14.7 Å². The van der Waals surface area contributed by atoms with Crippen molar-refractivity contribution in [3.63, 3.8) is 0 Å². The van der Waals surface area contributed by atoms with Gasteiger partial charge in [0.2, 0.25) is 11.8 Å². The quantitative estimate of drug-likeness (QED) is 0.740. The van der Waals surface area contributed by atoms with Crippen LogP contribution in [0.1, 0.15) is 18.1 Å². The number of piperazine rings is 1. The van der Waals surface area contributed by atoms with Gasteiger partial charge in [-0.05, 0) is 32.0 Å². The number of nitrogens with zero attached hydrogens (tertiary/aromatic N) is 3. The first kappa shape index (κ1) is 22.9. The zero-order valence-electron chi connectivity index (χ0n) is 18.5. The fourth-order valence-electron chi connectivity index (χ4n) is 3.78. The molecule has 2 amide bonds. The molecule has 166 valence electrons. The molecule has 0 unspecified atom stereocenters. The Hall–Kier alpha value is -2.77. The van der Waals surface area contributed by atoms with Gasteiger partial charge in [-0.1, -0.05) is 35.9 Å². The maximum Gasteiger partial charge on any atom is 0.243 e. The van der Waals surface area contributed by atoms with Crippen molar-refractivity contribution in [3.05, 3.63) is 65.5 Å². The molecule has 1 N–H and O–H groups in total. The van der Waals surface area contributed by atoms with E-state index in [1.54, 1.807) is 13.1 Å². The number of anilines is 1. The summed E-state index contributed by atoms with van der Waals surface area (Å²) in [7, 11) is 1.65. The summed E-state index contributed by atoms with van der Waals surface area (Å²) < 4.78 is 13.9. The van der Waals surface area contributed by atoms with Crippen LogP contribution in [0.3, 0.4) is 0 Å². The number of carbonyl (C=O) groups excluding carboxylic acids is 2. The van der Waals surface area contributed by atoms with Crippen molar-refractivity contribution in [2.45, 2.75) is 26.4 Å². The molecule has 0 aromatic heterocycles. The van der Waals surface area contributed by atoms with Gasteiger partial charge in [0.1, 0.15) is 5.82 Å². The maximum atomic E-state index is 13.9. The van der Waals surface area contributed by atoms with E-state index in [1.165, 1.54) is 11.0 Å². The molecule has 1 atom stereocenters. The summed E-state index contributed by atoms with van der Waals surface area (Å²) in [5.74, 6) is -0.484. The summed E-state index contributed by atoms with van der Waals surface area (Å²) in [4.78, 5) is 30.9. The van der Waals surface area contributed by atoms with Crippen LogP contribution < -0.4 is 5.32 Å². The molecule has 1 saturated heterocycles. The molecule has 2 aromatic carbocycles. The third-order valence-corrected chi connectivity index (χ3v) is 5.76. The highest BCUT2D eigenvalue weighted by Crippen LogP contribution is 2.14. The summed E-state index contributed by atoms with van der Waals surface area (Å²) in [6, 6.07) is 14.1. The zero-order chi connectivity index (χ0) is 22.4. The van der Waals surface area contributed by atoms with Crippen molar-refractivity contribution < 1.29 is 14.0 Å². The van der Waals surface area contributed by atoms with Gasteiger partial charge in [-0.15, -0.1) is 0 Å². The summed E-state index contributed by atoms with van der Waals surface area (Å²) in [5.41, 5.74) is 2.53. The summed E-state index contributed by atoms with van der Waals surface area (Å²) in [6.45, 7) is 7.43. The predicted molar refractivity (Wildman–Crippen MR) is 120 cm³/mol. The Bertz CT molecular complexity index is 895. The average Bonchev–Trinajstić information content (AvgIpc) is 2.76. The minimum atomic E-state index is -0.312. The Labute approximate surface area is 183 Å². The lowest BCUT2D eigenvalue weighted by Crippen LogP contribution is -2.54. The normalized spacial score (nSPS) is 16.0. The number of aryl methyl sites for hydroxylation is 1. The van der Waals surface area contributed by atoms with Crippen LogP contribution in [0.5, 0.6) is 0 Å². The molecule has 1 aliphatic rings. The molecule has 6 nitrogen and oxygen atoms in total. The Kier molecular flexibility index (Phi) is 7.76. The van der Waals surface area contributed by atoms with Crippen LogP contribution in [0.25, 0.3) is 0 Å². The van der Waals surface area contributed by atoms with Crippen LogP contribution in [0, 0.1) is 12.7 Å². The second-order valence-corrected chi connectivity index (χ2v) is 8.19. The predicted octanol–water partition coefficient (Wildman–Crippen LogP) is 2.74. The number of benzene rings is 2. The van der Waals surface area contributed by atoms with E-state index in [2.05, 4.69) is 15.1 Å². The van der Waals surface area contributed by atoms with Gasteiger partial charge in [0, 0.05) is 51.0 Å². The summed E-state index contributed by atoms with van der Waals surface area (Å²) >= 11 is 0. The van der Waals surface area contributed by atoms with E-state index >= 15 is 0 Å². The number of hydrogen-bond donors (Lipinski definition) is 1. The summed E-state index contributed by atoms with van der Waals surface area (Å²) in [5, 5.41) is 2.82.